The molecule has 0 aliphatic carbocycles. The largest absolute Gasteiger partial charge is 0.361 e. The summed E-state index contributed by atoms with van der Waals surface area (Å²) in [5.41, 5.74) is 3.23. The number of piperazine rings is 1. The van der Waals surface area contributed by atoms with Crippen molar-refractivity contribution in [3.05, 3.63) is 62.8 Å². The number of amides is 1. The fourth-order valence-corrected chi connectivity index (χ4v) is 3.72. The predicted octanol–water partition coefficient (Wildman–Crippen LogP) is 2.05. The van der Waals surface area contributed by atoms with Crippen molar-refractivity contribution in [2.24, 2.45) is 0 Å². The third kappa shape index (κ3) is 4.04. The van der Waals surface area contributed by atoms with Crippen LogP contribution in [0.1, 0.15) is 33.2 Å². The fourth-order valence-electron chi connectivity index (χ4n) is 3.72. The molecule has 1 saturated heterocycles. The molecular weight excluding hydrogens is 402 g/mol. The second kappa shape index (κ2) is 8.26. The molecule has 11 heteroatoms. The standard InChI is InChI=1S/C20H23N7O4/c1-13-18(15(3)31-22-13)12-24-7-9-25(10-8-24)20(28)19-14(2)26(23-21-19)16-5-4-6-17(11-16)27(29)30/h4-6,11H,7-10,12H2,1-3H3. The summed E-state index contributed by atoms with van der Waals surface area (Å²) in [5.74, 6) is 0.635. The molecular formula is C20H23N7O4. The molecule has 1 fully saturated rings. The van der Waals surface area contributed by atoms with Crippen LogP contribution in [0.3, 0.4) is 0 Å². The Morgan fingerprint density at radius 3 is 2.58 bits per heavy atom. The zero-order valence-corrected chi connectivity index (χ0v) is 17.6. The summed E-state index contributed by atoms with van der Waals surface area (Å²) >= 11 is 0. The lowest BCUT2D eigenvalue weighted by Crippen LogP contribution is -2.48. The van der Waals surface area contributed by atoms with E-state index in [4.69, 9.17) is 4.52 Å². The SMILES string of the molecule is Cc1noc(C)c1CN1CCN(C(=O)c2nnn(-c3cccc([N+](=O)[O-])c3)c2C)CC1. The summed E-state index contributed by atoms with van der Waals surface area (Å²) in [5, 5.41) is 23.2. The van der Waals surface area contributed by atoms with Crippen molar-refractivity contribution in [1.29, 1.82) is 0 Å². The number of hydrogen-bond acceptors (Lipinski definition) is 8. The van der Waals surface area contributed by atoms with Crippen LogP contribution in [0.4, 0.5) is 5.69 Å². The van der Waals surface area contributed by atoms with E-state index in [0.29, 0.717) is 24.5 Å². The van der Waals surface area contributed by atoms with Crippen molar-refractivity contribution in [3.63, 3.8) is 0 Å². The minimum Gasteiger partial charge on any atom is -0.361 e. The van der Waals surface area contributed by atoms with Gasteiger partial charge < -0.3 is 9.42 Å². The van der Waals surface area contributed by atoms with Crippen LogP contribution >= 0.6 is 0 Å². The van der Waals surface area contributed by atoms with Crippen LogP contribution < -0.4 is 0 Å². The number of carbonyl (C=O) groups excluding carboxylic acids is 1. The molecule has 0 radical (unpaired) electrons. The highest BCUT2D eigenvalue weighted by molar-refractivity contribution is 5.93. The average molecular weight is 425 g/mol. The van der Waals surface area contributed by atoms with Gasteiger partial charge in [-0.3, -0.25) is 19.8 Å². The summed E-state index contributed by atoms with van der Waals surface area (Å²) in [6.07, 6.45) is 0. The van der Waals surface area contributed by atoms with Crippen molar-refractivity contribution in [3.8, 4) is 5.69 Å². The molecule has 0 unspecified atom stereocenters. The monoisotopic (exact) mass is 425 g/mol. The van der Waals surface area contributed by atoms with E-state index >= 15 is 0 Å². The van der Waals surface area contributed by atoms with Crippen LogP contribution in [0, 0.1) is 30.9 Å². The van der Waals surface area contributed by atoms with E-state index in [9.17, 15) is 14.9 Å². The van der Waals surface area contributed by atoms with Crippen molar-refractivity contribution in [2.75, 3.05) is 26.2 Å². The number of nitro groups is 1. The smallest absolute Gasteiger partial charge is 0.276 e. The number of benzene rings is 1. The maximum absolute atomic E-state index is 13.0. The first-order chi connectivity index (χ1) is 14.8. The molecule has 0 spiro atoms. The number of non-ortho nitro benzene ring substituents is 1. The van der Waals surface area contributed by atoms with Gasteiger partial charge >= 0.3 is 0 Å². The number of carbonyl (C=O) groups is 1. The van der Waals surface area contributed by atoms with E-state index < -0.39 is 4.92 Å². The quantitative estimate of drug-likeness (QED) is 0.449. The lowest BCUT2D eigenvalue weighted by Gasteiger charge is -2.34. The molecule has 0 saturated carbocycles. The Bertz CT molecular complexity index is 1110. The zero-order chi connectivity index (χ0) is 22.1. The maximum atomic E-state index is 13.0. The van der Waals surface area contributed by atoms with Crippen LogP contribution in [-0.4, -0.2) is 67.0 Å². The summed E-state index contributed by atoms with van der Waals surface area (Å²) in [6.45, 7) is 8.92. The Balaban J connectivity index is 1.44. The van der Waals surface area contributed by atoms with E-state index in [2.05, 4.69) is 20.4 Å². The average Bonchev–Trinajstić information content (AvgIpc) is 3.31. The number of rotatable bonds is 5. The van der Waals surface area contributed by atoms with E-state index in [-0.39, 0.29) is 17.3 Å². The van der Waals surface area contributed by atoms with Gasteiger partial charge in [0, 0.05) is 50.4 Å². The summed E-state index contributed by atoms with van der Waals surface area (Å²) in [7, 11) is 0. The van der Waals surface area contributed by atoms with Crippen LogP contribution in [0.25, 0.3) is 5.69 Å². The summed E-state index contributed by atoms with van der Waals surface area (Å²) in [4.78, 5) is 27.6. The fraction of sp³-hybridized carbons (Fsp3) is 0.400. The first kappa shape index (κ1) is 20.7. The first-order valence-electron chi connectivity index (χ1n) is 9.95. The molecule has 4 rings (SSSR count). The van der Waals surface area contributed by atoms with Crippen molar-refractivity contribution >= 4 is 11.6 Å². The highest BCUT2D eigenvalue weighted by Crippen LogP contribution is 2.20. The first-order valence-corrected chi connectivity index (χ1v) is 9.95. The van der Waals surface area contributed by atoms with Gasteiger partial charge in [-0.15, -0.1) is 5.10 Å². The highest BCUT2D eigenvalue weighted by atomic mass is 16.6. The van der Waals surface area contributed by atoms with Crippen molar-refractivity contribution in [1.82, 2.24) is 30.0 Å². The molecule has 0 atom stereocenters. The van der Waals surface area contributed by atoms with Gasteiger partial charge in [0.25, 0.3) is 11.6 Å². The Morgan fingerprint density at radius 2 is 1.94 bits per heavy atom. The summed E-state index contributed by atoms with van der Waals surface area (Å²) in [6, 6.07) is 6.08. The van der Waals surface area contributed by atoms with E-state index in [1.165, 1.54) is 16.8 Å². The summed E-state index contributed by atoms with van der Waals surface area (Å²) < 4.78 is 6.68. The Hall–Kier alpha value is -3.60. The molecule has 2 aromatic heterocycles. The molecule has 1 amide bonds. The highest BCUT2D eigenvalue weighted by Gasteiger charge is 2.27. The van der Waals surface area contributed by atoms with Gasteiger partial charge in [-0.2, -0.15) is 0 Å². The van der Waals surface area contributed by atoms with Gasteiger partial charge in [0.05, 0.1) is 22.0 Å². The molecule has 1 aliphatic rings. The van der Waals surface area contributed by atoms with Gasteiger partial charge in [0.15, 0.2) is 5.69 Å². The Labute approximate surface area is 178 Å². The minimum atomic E-state index is -0.468. The zero-order valence-electron chi connectivity index (χ0n) is 17.6. The molecule has 162 valence electrons. The van der Waals surface area contributed by atoms with Crippen LogP contribution in [0.5, 0.6) is 0 Å². The number of nitro benzene ring substituents is 1. The normalized spacial score (nSPS) is 14.7. The van der Waals surface area contributed by atoms with Crippen LogP contribution in [-0.2, 0) is 6.54 Å². The van der Waals surface area contributed by atoms with Gasteiger partial charge in [0.2, 0.25) is 0 Å². The third-order valence-electron chi connectivity index (χ3n) is 5.60. The van der Waals surface area contributed by atoms with E-state index in [1.54, 1.807) is 24.0 Å². The molecule has 3 aromatic rings. The Morgan fingerprint density at radius 1 is 1.19 bits per heavy atom. The molecule has 0 bridgehead atoms. The van der Waals surface area contributed by atoms with Gasteiger partial charge in [-0.25, -0.2) is 4.68 Å². The van der Waals surface area contributed by atoms with Gasteiger partial charge in [-0.05, 0) is 26.8 Å². The lowest BCUT2D eigenvalue weighted by atomic mass is 10.1. The molecule has 3 heterocycles. The Kier molecular flexibility index (Phi) is 5.51. The molecule has 31 heavy (non-hydrogen) atoms. The molecule has 0 N–H and O–H groups in total. The van der Waals surface area contributed by atoms with Crippen LogP contribution in [0.15, 0.2) is 28.8 Å². The number of aryl methyl sites for hydroxylation is 2. The number of hydrogen-bond donors (Lipinski definition) is 0. The van der Waals surface area contributed by atoms with Crippen LogP contribution in [0.2, 0.25) is 0 Å². The molecule has 11 nitrogen and oxygen atoms in total. The molecule has 1 aromatic carbocycles. The number of aromatic nitrogens is 4. The second-order valence-electron chi connectivity index (χ2n) is 7.58. The second-order valence-corrected chi connectivity index (χ2v) is 7.58. The van der Waals surface area contributed by atoms with Crippen molar-refractivity contribution in [2.45, 2.75) is 27.3 Å². The minimum absolute atomic E-state index is 0.0466. The van der Waals surface area contributed by atoms with Crippen molar-refractivity contribution < 1.29 is 14.2 Å². The van der Waals surface area contributed by atoms with Gasteiger partial charge in [0.1, 0.15) is 5.76 Å². The maximum Gasteiger partial charge on any atom is 0.276 e. The number of nitrogens with zero attached hydrogens (tertiary/aromatic N) is 7. The topological polar surface area (TPSA) is 123 Å². The van der Waals surface area contributed by atoms with E-state index in [1.807, 2.05) is 13.8 Å². The third-order valence-corrected chi connectivity index (χ3v) is 5.60. The van der Waals surface area contributed by atoms with Gasteiger partial charge in [-0.1, -0.05) is 16.4 Å². The predicted molar refractivity (Wildman–Crippen MR) is 110 cm³/mol. The van der Waals surface area contributed by atoms with E-state index in [0.717, 1.165) is 36.7 Å². The molecule has 1 aliphatic heterocycles. The lowest BCUT2D eigenvalue weighted by molar-refractivity contribution is -0.384.